The third kappa shape index (κ3) is 4.51. The number of carbonyl (C=O) groups is 1. The second-order valence-electron chi connectivity index (χ2n) is 6.43. The van der Waals surface area contributed by atoms with Gasteiger partial charge in [-0.1, -0.05) is 30.3 Å². The first-order chi connectivity index (χ1) is 11.6. The van der Waals surface area contributed by atoms with Crippen molar-refractivity contribution in [1.82, 2.24) is 5.32 Å². The predicted octanol–water partition coefficient (Wildman–Crippen LogP) is 3.37. The molecule has 4 nitrogen and oxygen atoms in total. The Hall–Kier alpha value is -2.49. The molecule has 1 aliphatic carbocycles. The average molecular weight is 324 g/mol. The maximum Gasteiger partial charge on any atom is 0.220 e. The lowest BCUT2D eigenvalue weighted by Gasteiger charge is -2.12. The number of nitrogens with two attached hydrogens (primary N) is 1. The van der Waals surface area contributed by atoms with Crippen LogP contribution < -0.4 is 15.8 Å². The van der Waals surface area contributed by atoms with Gasteiger partial charge in [-0.15, -0.1) is 0 Å². The van der Waals surface area contributed by atoms with Crippen LogP contribution in [-0.2, 0) is 17.8 Å². The highest BCUT2D eigenvalue weighted by molar-refractivity contribution is 5.76. The Balaban J connectivity index is 1.54. The first-order valence-electron chi connectivity index (χ1n) is 8.47. The number of hydrogen-bond donors (Lipinski definition) is 2. The summed E-state index contributed by atoms with van der Waals surface area (Å²) in [5.41, 5.74) is 10.1. The fraction of sp³-hybridized carbons (Fsp3) is 0.350. The Kier molecular flexibility index (Phi) is 5.04. The Morgan fingerprint density at radius 2 is 2.04 bits per heavy atom. The van der Waals surface area contributed by atoms with Crippen molar-refractivity contribution >= 4 is 11.6 Å². The molecular formula is C20H24N2O2. The van der Waals surface area contributed by atoms with Gasteiger partial charge < -0.3 is 15.8 Å². The maximum atomic E-state index is 11.7. The number of amides is 1. The van der Waals surface area contributed by atoms with Gasteiger partial charge >= 0.3 is 0 Å². The van der Waals surface area contributed by atoms with E-state index < -0.39 is 0 Å². The van der Waals surface area contributed by atoms with Crippen LogP contribution >= 0.6 is 0 Å². The van der Waals surface area contributed by atoms with Gasteiger partial charge in [-0.05, 0) is 55.0 Å². The third-order valence-corrected chi connectivity index (χ3v) is 4.30. The second kappa shape index (κ2) is 7.39. The number of rotatable bonds is 7. The smallest absolute Gasteiger partial charge is 0.220 e. The van der Waals surface area contributed by atoms with Crippen molar-refractivity contribution in [3.8, 4) is 5.75 Å². The third-order valence-electron chi connectivity index (χ3n) is 4.30. The molecule has 1 amide bonds. The molecule has 2 aromatic carbocycles. The van der Waals surface area contributed by atoms with Crippen molar-refractivity contribution in [3.05, 3.63) is 59.2 Å². The Bertz CT molecular complexity index is 723. The molecule has 2 aromatic rings. The van der Waals surface area contributed by atoms with Crippen molar-refractivity contribution in [2.24, 2.45) is 0 Å². The van der Waals surface area contributed by atoms with Gasteiger partial charge in [-0.25, -0.2) is 0 Å². The molecule has 0 radical (unpaired) electrons. The molecule has 3 rings (SSSR count). The van der Waals surface area contributed by atoms with E-state index in [9.17, 15) is 4.79 Å². The van der Waals surface area contributed by atoms with Crippen LogP contribution in [0.3, 0.4) is 0 Å². The molecule has 3 N–H and O–H groups in total. The topological polar surface area (TPSA) is 64.3 Å². The fourth-order valence-electron chi connectivity index (χ4n) is 2.60. The summed E-state index contributed by atoms with van der Waals surface area (Å²) in [5, 5.41) is 3.00. The van der Waals surface area contributed by atoms with Gasteiger partial charge in [0, 0.05) is 12.5 Å². The van der Waals surface area contributed by atoms with Crippen LogP contribution in [0.5, 0.6) is 5.75 Å². The molecule has 0 unspecified atom stereocenters. The van der Waals surface area contributed by atoms with E-state index in [4.69, 9.17) is 10.5 Å². The standard InChI is InChI=1S/C20H24N2O2/c1-14-4-2-3-5-16(14)13-24-19-10-6-15(12-18(19)21)7-11-20(23)22-17-8-9-17/h2-6,10,12,17H,7-9,11,13,21H2,1H3,(H,22,23). The van der Waals surface area contributed by atoms with E-state index in [2.05, 4.69) is 24.4 Å². The van der Waals surface area contributed by atoms with Gasteiger partial charge in [0.05, 0.1) is 5.69 Å². The number of aryl methyl sites for hydroxylation is 2. The summed E-state index contributed by atoms with van der Waals surface area (Å²) in [5.74, 6) is 0.806. The number of benzene rings is 2. The summed E-state index contributed by atoms with van der Waals surface area (Å²) < 4.78 is 5.84. The van der Waals surface area contributed by atoms with Crippen molar-refractivity contribution < 1.29 is 9.53 Å². The lowest BCUT2D eigenvalue weighted by Crippen LogP contribution is -2.25. The van der Waals surface area contributed by atoms with Crippen LogP contribution in [0, 0.1) is 6.92 Å². The van der Waals surface area contributed by atoms with Crippen LogP contribution in [0.2, 0.25) is 0 Å². The molecule has 1 aliphatic rings. The summed E-state index contributed by atoms with van der Waals surface area (Å²) in [6.45, 7) is 2.57. The molecule has 4 heteroatoms. The van der Waals surface area contributed by atoms with Crippen molar-refractivity contribution in [2.45, 2.75) is 45.3 Å². The Morgan fingerprint density at radius 3 is 2.75 bits per heavy atom. The summed E-state index contributed by atoms with van der Waals surface area (Å²) >= 11 is 0. The average Bonchev–Trinajstić information content (AvgIpc) is 3.37. The molecule has 0 atom stereocenters. The minimum absolute atomic E-state index is 0.121. The summed E-state index contributed by atoms with van der Waals surface area (Å²) in [4.78, 5) is 11.7. The zero-order valence-corrected chi connectivity index (χ0v) is 14.0. The number of nitrogens with one attached hydrogen (secondary N) is 1. The first kappa shape index (κ1) is 16.4. The summed E-state index contributed by atoms with van der Waals surface area (Å²) in [6, 6.07) is 14.3. The molecule has 0 saturated heterocycles. The highest BCUT2D eigenvalue weighted by Gasteiger charge is 2.22. The zero-order chi connectivity index (χ0) is 16.9. The molecule has 0 spiro atoms. The number of carbonyl (C=O) groups excluding carboxylic acids is 1. The van der Waals surface area contributed by atoms with Crippen LogP contribution in [0.15, 0.2) is 42.5 Å². The van der Waals surface area contributed by atoms with Crippen molar-refractivity contribution in [2.75, 3.05) is 5.73 Å². The van der Waals surface area contributed by atoms with E-state index in [-0.39, 0.29) is 5.91 Å². The number of nitrogen functional groups attached to an aromatic ring is 1. The Morgan fingerprint density at radius 1 is 1.25 bits per heavy atom. The number of ether oxygens (including phenoxy) is 1. The van der Waals surface area contributed by atoms with Crippen LogP contribution in [-0.4, -0.2) is 11.9 Å². The van der Waals surface area contributed by atoms with Gasteiger partial charge in [-0.3, -0.25) is 4.79 Å². The molecule has 1 saturated carbocycles. The normalized spacial score (nSPS) is 13.5. The van der Waals surface area contributed by atoms with Crippen molar-refractivity contribution in [1.29, 1.82) is 0 Å². The number of anilines is 1. The minimum atomic E-state index is 0.121. The van der Waals surface area contributed by atoms with E-state index in [0.29, 0.717) is 36.9 Å². The molecular weight excluding hydrogens is 300 g/mol. The highest BCUT2D eigenvalue weighted by atomic mass is 16.5. The molecule has 1 fully saturated rings. The molecule has 0 heterocycles. The first-order valence-corrected chi connectivity index (χ1v) is 8.47. The Labute approximate surface area is 143 Å². The fourth-order valence-corrected chi connectivity index (χ4v) is 2.60. The quantitative estimate of drug-likeness (QED) is 0.768. The van der Waals surface area contributed by atoms with E-state index in [1.54, 1.807) is 0 Å². The van der Waals surface area contributed by atoms with Crippen LogP contribution in [0.1, 0.15) is 36.0 Å². The zero-order valence-electron chi connectivity index (χ0n) is 14.0. The molecule has 0 aromatic heterocycles. The minimum Gasteiger partial charge on any atom is -0.487 e. The van der Waals surface area contributed by atoms with Gasteiger partial charge in [0.15, 0.2) is 0 Å². The lowest BCUT2D eigenvalue weighted by atomic mass is 10.1. The summed E-state index contributed by atoms with van der Waals surface area (Å²) in [6.07, 6.45) is 3.43. The van der Waals surface area contributed by atoms with Crippen LogP contribution in [0.25, 0.3) is 0 Å². The molecule has 0 aliphatic heterocycles. The monoisotopic (exact) mass is 324 g/mol. The predicted molar refractivity (Wildman–Crippen MR) is 95.9 cm³/mol. The van der Waals surface area contributed by atoms with Gasteiger partial charge in [0.25, 0.3) is 0 Å². The van der Waals surface area contributed by atoms with E-state index in [0.717, 1.165) is 24.0 Å². The SMILES string of the molecule is Cc1ccccc1COc1ccc(CCC(=O)NC2CC2)cc1N. The van der Waals surface area contributed by atoms with Crippen molar-refractivity contribution in [3.63, 3.8) is 0 Å². The molecule has 24 heavy (non-hydrogen) atoms. The van der Waals surface area contributed by atoms with Gasteiger partial charge in [-0.2, -0.15) is 0 Å². The van der Waals surface area contributed by atoms with E-state index in [1.165, 1.54) is 5.56 Å². The molecule has 0 bridgehead atoms. The van der Waals surface area contributed by atoms with E-state index >= 15 is 0 Å². The summed E-state index contributed by atoms with van der Waals surface area (Å²) in [7, 11) is 0. The van der Waals surface area contributed by atoms with Gasteiger partial charge in [0.2, 0.25) is 5.91 Å². The molecule has 126 valence electrons. The van der Waals surface area contributed by atoms with Gasteiger partial charge in [0.1, 0.15) is 12.4 Å². The second-order valence-corrected chi connectivity index (χ2v) is 6.43. The lowest BCUT2D eigenvalue weighted by molar-refractivity contribution is -0.121. The maximum absolute atomic E-state index is 11.7. The largest absolute Gasteiger partial charge is 0.487 e. The number of hydrogen-bond acceptors (Lipinski definition) is 3. The highest BCUT2D eigenvalue weighted by Crippen LogP contribution is 2.25. The van der Waals surface area contributed by atoms with E-state index in [1.807, 2.05) is 30.3 Å². The van der Waals surface area contributed by atoms with Crippen LogP contribution in [0.4, 0.5) is 5.69 Å².